The van der Waals surface area contributed by atoms with Gasteiger partial charge < -0.3 is 14.8 Å². The van der Waals surface area contributed by atoms with Gasteiger partial charge in [-0.1, -0.05) is 35.5 Å². The lowest BCUT2D eigenvalue weighted by atomic mass is 10.1. The largest absolute Gasteiger partial charge is 0.497 e. The van der Waals surface area contributed by atoms with Crippen LogP contribution in [0.2, 0.25) is 0 Å². The molecule has 2 aromatic rings. The van der Waals surface area contributed by atoms with Crippen molar-refractivity contribution in [3.05, 3.63) is 60.2 Å². The minimum absolute atomic E-state index is 0.0121. The van der Waals surface area contributed by atoms with E-state index in [1.54, 1.807) is 36.3 Å². The van der Waals surface area contributed by atoms with E-state index in [1.807, 2.05) is 32.0 Å². The molecule has 1 saturated heterocycles. The third kappa shape index (κ3) is 5.31. The van der Waals surface area contributed by atoms with Crippen LogP contribution in [-0.4, -0.2) is 47.9 Å². The van der Waals surface area contributed by atoms with Gasteiger partial charge in [0.15, 0.2) is 5.17 Å². The molecule has 1 N–H and O–H groups in total. The highest BCUT2D eigenvalue weighted by Crippen LogP contribution is 2.34. The van der Waals surface area contributed by atoms with Gasteiger partial charge in [0.05, 0.1) is 25.6 Å². The van der Waals surface area contributed by atoms with Crippen molar-refractivity contribution in [2.24, 2.45) is 4.99 Å². The van der Waals surface area contributed by atoms with Crippen molar-refractivity contribution in [1.82, 2.24) is 4.90 Å². The summed E-state index contributed by atoms with van der Waals surface area (Å²) in [5, 5.41) is 2.83. The van der Waals surface area contributed by atoms with Gasteiger partial charge in [-0.2, -0.15) is 0 Å². The Morgan fingerprint density at radius 1 is 1.22 bits per heavy atom. The molecule has 1 unspecified atom stereocenters. The number of anilines is 1. The molecule has 0 saturated carbocycles. The number of rotatable bonds is 8. The SMILES string of the molecule is C=CCN1C(=O)C(CC(=O)Nc2ccc(OC)cc2OC)SC1=Nc1ccc(C)cc1C. The van der Waals surface area contributed by atoms with Crippen LogP contribution in [0.25, 0.3) is 0 Å². The molecule has 0 aromatic heterocycles. The topological polar surface area (TPSA) is 80.2 Å². The van der Waals surface area contributed by atoms with Crippen molar-refractivity contribution in [3.8, 4) is 11.5 Å². The predicted octanol–water partition coefficient (Wildman–Crippen LogP) is 4.47. The monoisotopic (exact) mass is 453 g/mol. The molecule has 1 fully saturated rings. The van der Waals surface area contributed by atoms with Crippen molar-refractivity contribution >= 4 is 40.1 Å². The van der Waals surface area contributed by atoms with Gasteiger partial charge in [0.25, 0.3) is 0 Å². The van der Waals surface area contributed by atoms with Crippen LogP contribution in [0.4, 0.5) is 11.4 Å². The number of benzene rings is 2. The van der Waals surface area contributed by atoms with E-state index in [0.717, 1.165) is 16.8 Å². The summed E-state index contributed by atoms with van der Waals surface area (Å²) in [7, 11) is 3.08. The van der Waals surface area contributed by atoms with Gasteiger partial charge in [-0.05, 0) is 37.6 Å². The second-order valence-corrected chi connectivity index (χ2v) is 8.52. The minimum atomic E-state index is -0.566. The van der Waals surface area contributed by atoms with Gasteiger partial charge in [-0.15, -0.1) is 6.58 Å². The summed E-state index contributed by atoms with van der Waals surface area (Å²) < 4.78 is 10.5. The van der Waals surface area contributed by atoms with Gasteiger partial charge >= 0.3 is 0 Å². The van der Waals surface area contributed by atoms with Crippen LogP contribution in [0, 0.1) is 13.8 Å². The Morgan fingerprint density at radius 3 is 2.66 bits per heavy atom. The zero-order chi connectivity index (χ0) is 23.3. The van der Waals surface area contributed by atoms with Crippen LogP contribution in [-0.2, 0) is 9.59 Å². The number of nitrogens with zero attached hydrogens (tertiary/aromatic N) is 2. The summed E-state index contributed by atoms with van der Waals surface area (Å²) in [6, 6.07) is 11.1. The molecule has 2 amide bonds. The maximum absolute atomic E-state index is 13.0. The number of aliphatic imine (C=N–C) groups is 1. The standard InChI is InChI=1S/C24H27N3O4S/c1-6-11-27-23(29)21(32-24(27)26-18-9-7-15(2)12-16(18)3)14-22(28)25-19-10-8-17(30-4)13-20(19)31-5/h6-10,12-13,21H,1,11,14H2,2-5H3,(H,25,28). The lowest BCUT2D eigenvalue weighted by Crippen LogP contribution is -2.33. The van der Waals surface area contributed by atoms with Crippen molar-refractivity contribution in [3.63, 3.8) is 0 Å². The molecule has 168 valence electrons. The highest BCUT2D eigenvalue weighted by molar-refractivity contribution is 8.15. The van der Waals surface area contributed by atoms with Crippen molar-refractivity contribution in [2.45, 2.75) is 25.5 Å². The fourth-order valence-corrected chi connectivity index (χ4v) is 4.49. The Bertz CT molecular complexity index is 1070. The van der Waals surface area contributed by atoms with Crippen LogP contribution >= 0.6 is 11.8 Å². The predicted molar refractivity (Wildman–Crippen MR) is 129 cm³/mol. The first-order chi connectivity index (χ1) is 15.4. The van der Waals surface area contributed by atoms with Crippen LogP contribution in [0.1, 0.15) is 17.5 Å². The summed E-state index contributed by atoms with van der Waals surface area (Å²) in [5.41, 5.74) is 3.49. The average molecular weight is 454 g/mol. The van der Waals surface area contributed by atoms with Crippen LogP contribution in [0.15, 0.2) is 54.0 Å². The van der Waals surface area contributed by atoms with Crippen molar-refractivity contribution < 1.29 is 19.1 Å². The summed E-state index contributed by atoms with van der Waals surface area (Å²) >= 11 is 1.30. The first-order valence-corrected chi connectivity index (χ1v) is 11.0. The van der Waals surface area contributed by atoms with Gasteiger partial charge in [0.1, 0.15) is 16.7 Å². The number of carbonyl (C=O) groups excluding carboxylic acids is 2. The molecule has 32 heavy (non-hydrogen) atoms. The van der Waals surface area contributed by atoms with E-state index >= 15 is 0 Å². The number of methoxy groups -OCH3 is 2. The average Bonchev–Trinajstić information content (AvgIpc) is 3.05. The Balaban J connectivity index is 1.77. The molecule has 1 aliphatic rings. The lowest BCUT2D eigenvalue weighted by Gasteiger charge is -2.14. The first-order valence-electron chi connectivity index (χ1n) is 10.1. The highest BCUT2D eigenvalue weighted by Gasteiger charge is 2.38. The molecule has 2 aromatic carbocycles. The van der Waals surface area contributed by atoms with E-state index in [2.05, 4.69) is 11.9 Å². The zero-order valence-corrected chi connectivity index (χ0v) is 19.5. The number of thioether (sulfide) groups is 1. The molecule has 7 nitrogen and oxygen atoms in total. The van der Waals surface area contributed by atoms with E-state index in [4.69, 9.17) is 14.5 Å². The number of ether oxygens (including phenoxy) is 2. The van der Waals surface area contributed by atoms with E-state index in [9.17, 15) is 9.59 Å². The van der Waals surface area contributed by atoms with E-state index in [1.165, 1.54) is 18.9 Å². The number of hydrogen-bond acceptors (Lipinski definition) is 6. The van der Waals surface area contributed by atoms with Crippen LogP contribution < -0.4 is 14.8 Å². The van der Waals surface area contributed by atoms with Crippen LogP contribution in [0.3, 0.4) is 0 Å². The van der Waals surface area contributed by atoms with E-state index in [0.29, 0.717) is 28.9 Å². The van der Waals surface area contributed by atoms with Crippen molar-refractivity contribution in [2.75, 3.05) is 26.1 Å². The maximum Gasteiger partial charge on any atom is 0.242 e. The van der Waals surface area contributed by atoms with Crippen LogP contribution in [0.5, 0.6) is 11.5 Å². The van der Waals surface area contributed by atoms with Gasteiger partial charge in [-0.25, -0.2) is 4.99 Å². The quantitative estimate of drug-likeness (QED) is 0.597. The smallest absolute Gasteiger partial charge is 0.242 e. The molecule has 1 atom stereocenters. The third-order valence-corrected chi connectivity index (χ3v) is 6.13. The molecule has 0 spiro atoms. The molecule has 3 rings (SSSR count). The van der Waals surface area contributed by atoms with Gasteiger partial charge in [0, 0.05) is 19.0 Å². The summed E-state index contributed by atoms with van der Waals surface area (Å²) in [5.74, 6) is 0.656. The molecule has 1 aliphatic heterocycles. The fraction of sp³-hybridized carbons (Fsp3) is 0.292. The van der Waals surface area contributed by atoms with Gasteiger partial charge in [0.2, 0.25) is 11.8 Å². The lowest BCUT2D eigenvalue weighted by molar-refractivity contribution is -0.127. The maximum atomic E-state index is 13.0. The second kappa shape index (κ2) is 10.4. The van der Waals surface area contributed by atoms with E-state index < -0.39 is 5.25 Å². The zero-order valence-electron chi connectivity index (χ0n) is 18.7. The minimum Gasteiger partial charge on any atom is -0.497 e. The number of aryl methyl sites for hydroxylation is 2. The summed E-state index contributed by atoms with van der Waals surface area (Å²) in [4.78, 5) is 32.0. The second-order valence-electron chi connectivity index (χ2n) is 7.35. The molecule has 1 heterocycles. The first kappa shape index (κ1) is 23.4. The Hall–Kier alpha value is -3.26. The molecular formula is C24H27N3O4S. The molecule has 0 aliphatic carbocycles. The highest BCUT2D eigenvalue weighted by atomic mass is 32.2. The number of amides is 2. The number of carbonyl (C=O) groups is 2. The molecule has 8 heteroatoms. The van der Waals surface area contributed by atoms with E-state index in [-0.39, 0.29) is 18.2 Å². The Kier molecular flexibility index (Phi) is 7.58. The summed E-state index contributed by atoms with van der Waals surface area (Å²) in [6.45, 7) is 8.08. The third-order valence-electron chi connectivity index (χ3n) is 4.95. The molecule has 0 bridgehead atoms. The van der Waals surface area contributed by atoms with Gasteiger partial charge in [-0.3, -0.25) is 14.5 Å². The number of nitrogens with one attached hydrogen (secondary N) is 1. The molecule has 0 radical (unpaired) electrons. The fourth-order valence-electron chi connectivity index (χ4n) is 3.33. The van der Waals surface area contributed by atoms with Crippen molar-refractivity contribution in [1.29, 1.82) is 0 Å². The normalized spacial score (nSPS) is 16.9. The Labute approximate surface area is 192 Å². The summed E-state index contributed by atoms with van der Waals surface area (Å²) in [6.07, 6.45) is 1.67. The Morgan fingerprint density at radius 2 is 2.00 bits per heavy atom. The molecular weight excluding hydrogens is 426 g/mol. The number of hydrogen-bond donors (Lipinski definition) is 1. The number of amidine groups is 1.